The first kappa shape index (κ1) is 20.7. The van der Waals surface area contributed by atoms with Crippen LogP contribution in [0.15, 0.2) is 84.1 Å². The number of hydrogen-bond donors (Lipinski definition) is 1. The number of halogens is 1. The van der Waals surface area contributed by atoms with Crippen molar-refractivity contribution in [3.05, 3.63) is 101 Å². The third-order valence-corrected chi connectivity index (χ3v) is 5.13. The number of hydrazone groups is 1. The van der Waals surface area contributed by atoms with E-state index in [1.54, 1.807) is 30.5 Å². The summed E-state index contributed by atoms with van der Waals surface area (Å²) in [5.41, 5.74) is 6.29. The highest BCUT2D eigenvalue weighted by atomic mass is 35.5. The first-order valence-electron chi connectivity index (χ1n) is 10.0. The molecule has 1 heterocycles. The molecule has 0 fully saturated rings. The normalized spacial score (nSPS) is 11.2. The molecule has 0 saturated carbocycles. The maximum absolute atomic E-state index is 12.4. The number of ether oxygens (including phenoxy) is 1. The number of fused-ring (bicyclic) bond motifs is 1. The number of aromatic nitrogens is 1. The molecule has 0 aliphatic heterocycles. The van der Waals surface area contributed by atoms with Gasteiger partial charge in [-0.1, -0.05) is 41.9 Å². The molecule has 0 bridgehead atoms. The molecule has 0 aliphatic carbocycles. The molecular weight excluding hydrogens is 410 g/mol. The minimum atomic E-state index is -0.274. The smallest absolute Gasteiger partial charge is 0.271 e. The maximum Gasteiger partial charge on any atom is 0.271 e. The van der Waals surface area contributed by atoms with E-state index in [0.29, 0.717) is 18.7 Å². The molecule has 156 valence electrons. The Morgan fingerprint density at radius 2 is 1.81 bits per heavy atom. The van der Waals surface area contributed by atoms with E-state index in [1.807, 2.05) is 55.6 Å². The molecule has 0 aliphatic rings. The number of para-hydroxylation sites is 1. The Kier molecular flexibility index (Phi) is 6.34. The average molecular weight is 432 g/mol. The van der Waals surface area contributed by atoms with E-state index in [-0.39, 0.29) is 5.91 Å². The molecule has 3 aromatic carbocycles. The van der Waals surface area contributed by atoms with Gasteiger partial charge >= 0.3 is 0 Å². The van der Waals surface area contributed by atoms with Gasteiger partial charge < -0.3 is 9.30 Å². The summed E-state index contributed by atoms with van der Waals surface area (Å²) in [6.07, 6.45) is 3.71. The second-order valence-electron chi connectivity index (χ2n) is 7.01. The van der Waals surface area contributed by atoms with Crippen LogP contribution in [-0.2, 0) is 6.54 Å². The number of amides is 1. The van der Waals surface area contributed by atoms with Gasteiger partial charge in [0.15, 0.2) is 0 Å². The number of nitrogens with one attached hydrogen (secondary N) is 1. The molecule has 0 unspecified atom stereocenters. The van der Waals surface area contributed by atoms with Gasteiger partial charge in [-0.3, -0.25) is 4.79 Å². The van der Waals surface area contributed by atoms with Crippen molar-refractivity contribution in [3.8, 4) is 5.75 Å². The summed E-state index contributed by atoms with van der Waals surface area (Å²) in [6, 6.07) is 22.9. The van der Waals surface area contributed by atoms with Gasteiger partial charge in [0.1, 0.15) is 5.75 Å². The Balaban J connectivity index is 1.50. The fraction of sp³-hybridized carbons (Fsp3) is 0.120. The van der Waals surface area contributed by atoms with Crippen LogP contribution in [0.3, 0.4) is 0 Å². The lowest BCUT2D eigenvalue weighted by Crippen LogP contribution is -2.17. The molecule has 1 N–H and O–H groups in total. The lowest BCUT2D eigenvalue weighted by atomic mass is 10.2. The molecule has 5 nitrogen and oxygen atoms in total. The van der Waals surface area contributed by atoms with Crippen molar-refractivity contribution in [3.63, 3.8) is 0 Å². The van der Waals surface area contributed by atoms with Crippen LogP contribution in [0.4, 0.5) is 0 Å². The van der Waals surface area contributed by atoms with E-state index in [2.05, 4.69) is 21.2 Å². The molecular formula is C25H22ClN3O2. The number of carbonyl (C=O) groups excluding carboxylic acids is 1. The summed E-state index contributed by atoms with van der Waals surface area (Å²) in [7, 11) is 0. The Morgan fingerprint density at radius 3 is 2.55 bits per heavy atom. The molecule has 0 atom stereocenters. The predicted molar refractivity (Wildman–Crippen MR) is 125 cm³/mol. The van der Waals surface area contributed by atoms with Gasteiger partial charge in [0.25, 0.3) is 5.91 Å². The largest absolute Gasteiger partial charge is 0.494 e. The molecule has 4 aromatic rings. The number of benzene rings is 3. The summed E-state index contributed by atoms with van der Waals surface area (Å²) >= 11 is 6.00. The highest BCUT2D eigenvalue weighted by Gasteiger charge is 2.08. The zero-order chi connectivity index (χ0) is 21.6. The Morgan fingerprint density at radius 1 is 1.06 bits per heavy atom. The Hall–Kier alpha value is -3.57. The summed E-state index contributed by atoms with van der Waals surface area (Å²) in [5, 5.41) is 5.96. The third-order valence-electron chi connectivity index (χ3n) is 4.88. The quantitative estimate of drug-likeness (QED) is 0.310. The van der Waals surface area contributed by atoms with Crippen molar-refractivity contribution >= 4 is 34.6 Å². The van der Waals surface area contributed by atoms with Crippen molar-refractivity contribution in [1.82, 2.24) is 9.99 Å². The van der Waals surface area contributed by atoms with Crippen LogP contribution in [0.1, 0.15) is 28.4 Å². The van der Waals surface area contributed by atoms with Gasteiger partial charge in [-0.05, 0) is 55.0 Å². The number of hydrogen-bond acceptors (Lipinski definition) is 3. The van der Waals surface area contributed by atoms with Crippen LogP contribution in [0.2, 0.25) is 5.02 Å². The van der Waals surface area contributed by atoms with E-state index in [0.717, 1.165) is 32.8 Å². The van der Waals surface area contributed by atoms with E-state index < -0.39 is 0 Å². The minimum Gasteiger partial charge on any atom is -0.494 e. The molecule has 0 spiro atoms. The molecule has 0 radical (unpaired) electrons. The van der Waals surface area contributed by atoms with E-state index >= 15 is 0 Å². The van der Waals surface area contributed by atoms with Crippen molar-refractivity contribution in [2.75, 3.05) is 6.61 Å². The fourth-order valence-corrected chi connectivity index (χ4v) is 3.52. The molecule has 0 saturated heterocycles. The Bertz CT molecular complexity index is 1210. The average Bonchev–Trinajstić information content (AvgIpc) is 3.13. The number of nitrogens with zero attached hydrogens (tertiary/aromatic N) is 2. The first-order valence-corrected chi connectivity index (χ1v) is 10.4. The van der Waals surface area contributed by atoms with Gasteiger partial charge in [0.2, 0.25) is 0 Å². The topological polar surface area (TPSA) is 55.6 Å². The van der Waals surface area contributed by atoms with Gasteiger partial charge in [-0.2, -0.15) is 5.10 Å². The molecule has 1 amide bonds. The number of rotatable bonds is 7. The molecule has 1 aromatic heterocycles. The highest BCUT2D eigenvalue weighted by molar-refractivity contribution is 6.30. The van der Waals surface area contributed by atoms with Crippen LogP contribution in [0, 0.1) is 0 Å². The zero-order valence-electron chi connectivity index (χ0n) is 17.1. The Labute approximate surface area is 185 Å². The van der Waals surface area contributed by atoms with Crippen LogP contribution in [0.5, 0.6) is 5.75 Å². The summed E-state index contributed by atoms with van der Waals surface area (Å²) < 4.78 is 7.56. The van der Waals surface area contributed by atoms with Gasteiger partial charge in [0, 0.05) is 39.8 Å². The first-order chi connectivity index (χ1) is 15.1. The fourth-order valence-electron chi connectivity index (χ4n) is 3.39. The second kappa shape index (κ2) is 9.49. The third kappa shape index (κ3) is 4.95. The summed E-state index contributed by atoms with van der Waals surface area (Å²) in [4.78, 5) is 12.4. The monoisotopic (exact) mass is 431 g/mol. The standard InChI is InChI=1S/C25H22ClN3O2/c1-2-31-22-13-9-19(10-14-22)25(30)28-27-15-20-17-29(24-6-4-3-5-23(20)24)16-18-7-11-21(26)12-8-18/h3-15,17H,2,16H2,1H3,(H,28,30)/b27-15-. The van der Waals surface area contributed by atoms with Crippen molar-refractivity contribution < 1.29 is 9.53 Å². The second-order valence-corrected chi connectivity index (χ2v) is 7.45. The minimum absolute atomic E-state index is 0.274. The van der Waals surface area contributed by atoms with Gasteiger partial charge in [-0.25, -0.2) is 5.43 Å². The lowest BCUT2D eigenvalue weighted by Gasteiger charge is -2.05. The van der Waals surface area contributed by atoms with E-state index in [1.165, 1.54) is 0 Å². The van der Waals surface area contributed by atoms with Crippen LogP contribution < -0.4 is 10.2 Å². The van der Waals surface area contributed by atoms with Crippen molar-refractivity contribution in [1.29, 1.82) is 0 Å². The van der Waals surface area contributed by atoms with Crippen LogP contribution in [-0.4, -0.2) is 23.3 Å². The lowest BCUT2D eigenvalue weighted by molar-refractivity contribution is 0.0955. The van der Waals surface area contributed by atoms with Gasteiger partial charge in [0.05, 0.1) is 12.8 Å². The molecule has 6 heteroatoms. The van der Waals surface area contributed by atoms with Gasteiger partial charge in [-0.15, -0.1) is 0 Å². The summed E-state index contributed by atoms with van der Waals surface area (Å²) in [5.74, 6) is 0.459. The molecule has 31 heavy (non-hydrogen) atoms. The molecule has 4 rings (SSSR count). The maximum atomic E-state index is 12.4. The summed E-state index contributed by atoms with van der Waals surface area (Å²) in [6.45, 7) is 3.22. The SMILES string of the molecule is CCOc1ccc(C(=O)N/N=C\c2cn(Cc3ccc(Cl)cc3)c3ccccc23)cc1. The predicted octanol–water partition coefficient (Wildman–Crippen LogP) is 5.51. The van der Waals surface area contributed by atoms with Crippen molar-refractivity contribution in [2.45, 2.75) is 13.5 Å². The van der Waals surface area contributed by atoms with Crippen LogP contribution >= 0.6 is 11.6 Å². The van der Waals surface area contributed by atoms with Crippen LogP contribution in [0.25, 0.3) is 10.9 Å². The highest BCUT2D eigenvalue weighted by Crippen LogP contribution is 2.22. The zero-order valence-corrected chi connectivity index (χ0v) is 17.8. The number of carbonyl (C=O) groups is 1. The van der Waals surface area contributed by atoms with E-state index in [4.69, 9.17) is 16.3 Å². The van der Waals surface area contributed by atoms with E-state index in [9.17, 15) is 4.79 Å². The van der Waals surface area contributed by atoms with Crippen molar-refractivity contribution in [2.24, 2.45) is 5.10 Å².